The van der Waals surface area contributed by atoms with E-state index in [1.807, 2.05) is 6.92 Å². The molecule has 5 nitrogen and oxygen atoms in total. The number of rotatable bonds is 5. The summed E-state index contributed by atoms with van der Waals surface area (Å²) in [6.45, 7) is 4.24. The van der Waals surface area contributed by atoms with E-state index in [0.717, 1.165) is 0 Å². The normalized spacial score (nSPS) is 23.5. The van der Waals surface area contributed by atoms with E-state index in [9.17, 15) is 4.79 Å². The Labute approximate surface area is 90.3 Å². The fourth-order valence-corrected chi connectivity index (χ4v) is 1.33. The van der Waals surface area contributed by atoms with Crippen LogP contribution in [0.2, 0.25) is 0 Å². The van der Waals surface area contributed by atoms with Crippen LogP contribution in [0.25, 0.3) is 0 Å². The number of nitrogens with one attached hydrogen (secondary N) is 1. The summed E-state index contributed by atoms with van der Waals surface area (Å²) in [7, 11) is 0. The maximum atomic E-state index is 11.3. The Hall–Kier alpha value is -0.650. The van der Waals surface area contributed by atoms with Gasteiger partial charge in [-0.1, -0.05) is 0 Å². The van der Waals surface area contributed by atoms with E-state index >= 15 is 0 Å². The van der Waals surface area contributed by atoms with Crippen molar-refractivity contribution in [3.05, 3.63) is 0 Å². The Kier molecular flexibility index (Phi) is 5.60. The number of amides is 1. The van der Waals surface area contributed by atoms with Crippen LogP contribution in [0, 0.1) is 0 Å². The molecule has 0 bridgehead atoms. The molecule has 3 N–H and O–H groups in total. The van der Waals surface area contributed by atoms with E-state index < -0.39 is 0 Å². The summed E-state index contributed by atoms with van der Waals surface area (Å²) < 4.78 is 10.6. The van der Waals surface area contributed by atoms with Crippen LogP contribution in [0.15, 0.2) is 0 Å². The first kappa shape index (κ1) is 12.4. The van der Waals surface area contributed by atoms with Crippen molar-refractivity contribution in [2.45, 2.75) is 31.9 Å². The highest BCUT2D eigenvalue weighted by Gasteiger charge is 2.14. The van der Waals surface area contributed by atoms with E-state index in [0.29, 0.717) is 39.2 Å². The van der Waals surface area contributed by atoms with Crippen molar-refractivity contribution < 1.29 is 14.3 Å². The second-order valence-corrected chi connectivity index (χ2v) is 3.89. The van der Waals surface area contributed by atoms with Gasteiger partial charge >= 0.3 is 0 Å². The maximum absolute atomic E-state index is 11.3. The first-order chi connectivity index (χ1) is 7.18. The summed E-state index contributed by atoms with van der Waals surface area (Å²) in [6, 6.07) is 0.0741. The van der Waals surface area contributed by atoms with E-state index in [1.165, 1.54) is 0 Å². The molecule has 1 saturated heterocycles. The fourth-order valence-electron chi connectivity index (χ4n) is 1.33. The molecule has 2 atom stereocenters. The van der Waals surface area contributed by atoms with Crippen LogP contribution in [0.1, 0.15) is 19.8 Å². The minimum absolute atomic E-state index is 0.00185. The Morgan fingerprint density at radius 2 is 2.40 bits per heavy atom. The largest absolute Gasteiger partial charge is 0.376 e. The lowest BCUT2D eigenvalue weighted by Crippen LogP contribution is -2.39. The van der Waals surface area contributed by atoms with Crippen LogP contribution in [-0.2, 0) is 14.3 Å². The van der Waals surface area contributed by atoms with E-state index in [-0.39, 0.29) is 18.1 Å². The number of nitrogens with two attached hydrogens (primary N) is 1. The lowest BCUT2D eigenvalue weighted by Gasteiger charge is -2.23. The first-order valence-corrected chi connectivity index (χ1v) is 5.40. The van der Waals surface area contributed by atoms with Gasteiger partial charge in [0.1, 0.15) is 0 Å². The van der Waals surface area contributed by atoms with E-state index in [4.69, 9.17) is 15.2 Å². The number of carbonyl (C=O) groups excluding carboxylic acids is 1. The predicted molar refractivity (Wildman–Crippen MR) is 56.5 cm³/mol. The van der Waals surface area contributed by atoms with Crippen LogP contribution in [-0.4, -0.2) is 44.4 Å². The van der Waals surface area contributed by atoms with Crippen molar-refractivity contribution in [1.29, 1.82) is 0 Å². The number of hydrogen-bond donors (Lipinski definition) is 2. The average Bonchev–Trinajstić information content (AvgIpc) is 2.25. The molecule has 1 fully saturated rings. The molecule has 0 radical (unpaired) electrons. The van der Waals surface area contributed by atoms with Gasteiger partial charge in [0, 0.05) is 19.0 Å². The van der Waals surface area contributed by atoms with Gasteiger partial charge < -0.3 is 20.5 Å². The van der Waals surface area contributed by atoms with Gasteiger partial charge in [0.2, 0.25) is 5.91 Å². The molecule has 1 amide bonds. The lowest BCUT2D eigenvalue weighted by atomic mass is 10.2. The Balaban J connectivity index is 2.05. The van der Waals surface area contributed by atoms with E-state index in [2.05, 4.69) is 5.32 Å². The molecule has 15 heavy (non-hydrogen) atoms. The molecule has 0 aromatic rings. The summed E-state index contributed by atoms with van der Waals surface area (Å²) in [5.41, 5.74) is 5.55. The molecule has 5 heteroatoms. The molecule has 0 saturated carbocycles. The second kappa shape index (κ2) is 6.76. The first-order valence-electron chi connectivity index (χ1n) is 5.40. The molecule has 1 aliphatic rings. The predicted octanol–water partition coefficient (Wildman–Crippen LogP) is -0.355. The zero-order valence-corrected chi connectivity index (χ0v) is 9.20. The van der Waals surface area contributed by atoms with Crippen LogP contribution in [0.4, 0.5) is 0 Å². The standard InChI is InChI=1S/C10H20N2O3/c1-8(11)2-3-10(13)12-6-9-7-14-4-5-15-9/h8-9H,2-7,11H2,1H3,(H,12,13). The molecule has 1 aliphatic heterocycles. The Morgan fingerprint density at radius 3 is 3.00 bits per heavy atom. The summed E-state index contributed by atoms with van der Waals surface area (Å²) in [6.07, 6.45) is 1.19. The Bertz CT molecular complexity index is 191. The van der Waals surface area contributed by atoms with Gasteiger partial charge in [0.15, 0.2) is 0 Å². The monoisotopic (exact) mass is 216 g/mol. The third-order valence-electron chi connectivity index (χ3n) is 2.24. The van der Waals surface area contributed by atoms with Gasteiger partial charge in [0.25, 0.3) is 0 Å². The quantitative estimate of drug-likeness (QED) is 0.658. The van der Waals surface area contributed by atoms with Gasteiger partial charge in [-0.3, -0.25) is 4.79 Å². The van der Waals surface area contributed by atoms with Crippen LogP contribution in [0.3, 0.4) is 0 Å². The molecule has 0 spiro atoms. The van der Waals surface area contributed by atoms with Gasteiger partial charge in [-0.25, -0.2) is 0 Å². The smallest absolute Gasteiger partial charge is 0.220 e. The minimum atomic E-state index is -0.00185. The zero-order valence-electron chi connectivity index (χ0n) is 9.20. The topological polar surface area (TPSA) is 73.6 Å². The SMILES string of the molecule is CC(N)CCC(=O)NCC1COCCO1. The van der Waals surface area contributed by atoms with Crippen molar-refractivity contribution in [2.24, 2.45) is 5.73 Å². The zero-order chi connectivity index (χ0) is 11.1. The van der Waals surface area contributed by atoms with Crippen LogP contribution < -0.4 is 11.1 Å². The second-order valence-electron chi connectivity index (χ2n) is 3.89. The van der Waals surface area contributed by atoms with Crippen molar-refractivity contribution >= 4 is 5.91 Å². The number of carbonyl (C=O) groups is 1. The fraction of sp³-hybridized carbons (Fsp3) is 0.900. The van der Waals surface area contributed by atoms with Crippen molar-refractivity contribution in [3.8, 4) is 0 Å². The van der Waals surface area contributed by atoms with Gasteiger partial charge in [-0.2, -0.15) is 0 Å². The molecular formula is C10H20N2O3. The van der Waals surface area contributed by atoms with E-state index in [1.54, 1.807) is 0 Å². The van der Waals surface area contributed by atoms with Crippen LogP contribution >= 0.6 is 0 Å². The molecule has 2 unspecified atom stereocenters. The van der Waals surface area contributed by atoms with Gasteiger partial charge in [0.05, 0.1) is 25.9 Å². The minimum Gasteiger partial charge on any atom is -0.376 e. The molecular weight excluding hydrogens is 196 g/mol. The maximum Gasteiger partial charge on any atom is 0.220 e. The van der Waals surface area contributed by atoms with Crippen molar-refractivity contribution in [2.75, 3.05) is 26.4 Å². The highest BCUT2D eigenvalue weighted by Crippen LogP contribution is 1.99. The van der Waals surface area contributed by atoms with Crippen molar-refractivity contribution in [1.82, 2.24) is 5.32 Å². The molecule has 0 aliphatic carbocycles. The third-order valence-corrected chi connectivity index (χ3v) is 2.24. The van der Waals surface area contributed by atoms with Crippen LogP contribution in [0.5, 0.6) is 0 Å². The summed E-state index contributed by atoms with van der Waals surface area (Å²) >= 11 is 0. The molecule has 1 heterocycles. The molecule has 1 rings (SSSR count). The third kappa shape index (κ3) is 5.71. The van der Waals surface area contributed by atoms with Crippen molar-refractivity contribution in [3.63, 3.8) is 0 Å². The summed E-state index contributed by atoms with van der Waals surface area (Å²) in [4.78, 5) is 11.3. The van der Waals surface area contributed by atoms with Gasteiger partial charge in [-0.05, 0) is 13.3 Å². The Morgan fingerprint density at radius 1 is 1.60 bits per heavy atom. The molecule has 0 aromatic carbocycles. The number of hydrogen-bond acceptors (Lipinski definition) is 4. The number of ether oxygens (including phenoxy) is 2. The highest BCUT2D eigenvalue weighted by molar-refractivity contribution is 5.75. The summed E-state index contributed by atoms with van der Waals surface area (Å²) in [5.74, 6) is 0.0291. The summed E-state index contributed by atoms with van der Waals surface area (Å²) in [5, 5.41) is 2.81. The highest BCUT2D eigenvalue weighted by atomic mass is 16.6. The van der Waals surface area contributed by atoms with Gasteiger partial charge in [-0.15, -0.1) is 0 Å². The average molecular weight is 216 g/mol. The lowest BCUT2D eigenvalue weighted by molar-refractivity contribution is -0.124. The molecule has 88 valence electrons. The molecule has 0 aromatic heterocycles.